The van der Waals surface area contributed by atoms with Crippen molar-refractivity contribution in [3.8, 4) is 0 Å². The second-order valence-electron chi connectivity index (χ2n) is 4.34. The van der Waals surface area contributed by atoms with Crippen LogP contribution >= 0.6 is 0 Å². The number of rotatable bonds is 4. The maximum atomic E-state index is 13.0. The second-order valence-corrected chi connectivity index (χ2v) is 4.34. The number of H-pyrrole nitrogens is 1. The Morgan fingerprint density at radius 3 is 2.76 bits per heavy atom. The van der Waals surface area contributed by atoms with Crippen LogP contribution in [-0.2, 0) is 11.3 Å². The fourth-order valence-electron chi connectivity index (χ4n) is 1.69. The number of hydrogen-bond donors (Lipinski definition) is 3. The van der Waals surface area contributed by atoms with Gasteiger partial charge in [0.25, 0.3) is 5.56 Å². The quantitative estimate of drug-likeness (QED) is 0.703. The molecule has 0 unspecified atom stereocenters. The number of anilines is 2. The second kappa shape index (κ2) is 6.04. The van der Waals surface area contributed by atoms with E-state index in [9.17, 15) is 18.8 Å². The summed E-state index contributed by atoms with van der Waals surface area (Å²) in [6, 6.07) is 5.03. The van der Waals surface area contributed by atoms with Crippen LogP contribution in [0.15, 0.2) is 40.1 Å². The first-order valence-electron chi connectivity index (χ1n) is 6.10. The van der Waals surface area contributed by atoms with Crippen LogP contribution in [0.3, 0.4) is 0 Å². The van der Waals surface area contributed by atoms with Gasteiger partial charge in [0.05, 0.1) is 5.69 Å². The summed E-state index contributed by atoms with van der Waals surface area (Å²) in [5, 5.41) is 2.54. The largest absolute Gasteiger partial charge is 0.396 e. The molecule has 4 N–H and O–H groups in total. The van der Waals surface area contributed by atoms with E-state index in [1.54, 1.807) is 0 Å². The Balaban J connectivity index is 1.97. The molecule has 0 aliphatic carbocycles. The third-order valence-corrected chi connectivity index (χ3v) is 2.76. The predicted molar refractivity (Wildman–Crippen MR) is 75.4 cm³/mol. The van der Waals surface area contributed by atoms with Gasteiger partial charge in [0.2, 0.25) is 5.91 Å². The number of nitrogens with zero attached hydrogens (tertiary/aromatic N) is 1. The van der Waals surface area contributed by atoms with E-state index < -0.39 is 17.1 Å². The summed E-state index contributed by atoms with van der Waals surface area (Å²) in [5.74, 6) is -0.924. The minimum Gasteiger partial charge on any atom is -0.396 e. The highest BCUT2D eigenvalue weighted by Gasteiger charge is 2.06. The number of aromatic nitrogens is 2. The van der Waals surface area contributed by atoms with Gasteiger partial charge in [-0.25, -0.2) is 9.18 Å². The van der Waals surface area contributed by atoms with Gasteiger partial charge < -0.3 is 15.6 Å². The zero-order chi connectivity index (χ0) is 15.4. The van der Waals surface area contributed by atoms with E-state index in [-0.39, 0.29) is 24.6 Å². The molecule has 7 nitrogen and oxygen atoms in total. The molecule has 0 saturated carbocycles. The number of aryl methyl sites for hydroxylation is 1. The normalized spacial score (nSPS) is 10.3. The molecule has 110 valence electrons. The van der Waals surface area contributed by atoms with Gasteiger partial charge in [-0.2, -0.15) is 0 Å². The number of carbonyl (C=O) groups is 1. The zero-order valence-corrected chi connectivity index (χ0v) is 10.9. The minimum absolute atomic E-state index is 0.0171. The van der Waals surface area contributed by atoms with Gasteiger partial charge >= 0.3 is 5.69 Å². The number of nitrogens with one attached hydrogen (secondary N) is 2. The Kier molecular flexibility index (Phi) is 4.17. The Morgan fingerprint density at radius 2 is 2.10 bits per heavy atom. The van der Waals surface area contributed by atoms with Crippen LogP contribution in [-0.4, -0.2) is 15.5 Å². The van der Waals surface area contributed by atoms with Crippen LogP contribution in [0.4, 0.5) is 15.8 Å². The van der Waals surface area contributed by atoms with Gasteiger partial charge in [0.1, 0.15) is 5.82 Å². The van der Waals surface area contributed by atoms with Crippen molar-refractivity contribution in [1.82, 2.24) is 9.55 Å². The van der Waals surface area contributed by atoms with Crippen molar-refractivity contribution < 1.29 is 9.18 Å². The van der Waals surface area contributed by atoms with Crippen molar-refractivity contribution in [3.05, 3.63) is 57.1 Å². The molecule has 0 fully saturated rings. The van der Waals surface area contributed by atoms with Crippen molar-refractivity contribution in [2.24, 2.45) is 0 Å². The Labute approximate surface area is 118 Å². The smallest absolute Gasteiger partial charge is 0.328 e. The van der Waals surface area contributed by atoms with E-state index in [0.29, 0.717) is 5.69 Å². The highest BCUT2D eigenvalue weighted by molar-refractivity contribution is 5.91. The summed E-state index contributed by atoms with van der Waals surface area (Å²) in [6.45, 7) is 0.109. The number of amides is 1. The number of aromatic amines is 1. The number of halogens is 1. The summed E-state index contributed by atoms with van der Waals surface area (Å²) in [7, 11) is 0. The average Bonchev–Trinajstić information content (AvgIpc) is 2.42. The fourth-order valence-corrected chi connectivity index (χ4v) is 1.69. The predicted octanol–water partition coefficient (Wildman–Crippen LogP) is 0.287. The first-order valence-corrected chi connectivity index (χ1v) is 6.10. The van der Waals surface area contributed by atoms with E-state index in [0.717, 1.165) is 6.07 Å². The molecule has 2 aromatic rings. The molecule has 21 heavy (non-hydrogen) atoms. The van der Waals surface area contributed by atoms with E-state index in [1.165, 1.54) is 29.0 Å². The number of benzene rings is 1. The average molecular weight is 292 g/mol. The molecule has 1 aromatic heterocycles. The molecule has 2 rings (SSSR count). The lowest BCUT2D eigenvalue weighted by Crippen LogP contribution is -2.29. The Hall–Kier alpha value is -2.90. The first kappa shape index (κ1) is 14.5. The van der Waals surface area contributed by atoms with Gasteiger partial charge in [0, 0.05) is 30.9 Å². The van der Waals surface area contributed by atoms with E-state index in [4.69, 9.17) is 5.73 Å². The SMILES string of the molecule is Nc1cc(NC(=O)CCn2ccc(=O)[nH]c2=O)ccc1F. The van der Waals surface area contributed by atoms with Crippen LogP contribution in [0, 0.1) is 5.82 Å². The van der Waals surface area contributed by atoms with Crippen molar-refractivity contribution in [3.63, 3.8) is 0 Å². The molecular weight excluding hydrogens is 279 g/mol. The van der Waals surface area contributed by atoms with Crippen LogP contribution in [0.5, 0.6) is 0 Å². The van der Waals surface area contributed by atoms with Crippen LogP contribution < -0.4 is 22.3 Å². The molecule has 0 atom stereocenters. The molecule has 0 aliphatic heterocycles. The van der Waals surface area contributed by atoms with Crippen molar-refractivity contribution in [2.75, 3.05) is 11.1 Å². The molecule has 1 heterocycles. The maximum Gasteiger partial charge on any atom is 0.328 e. The lowest BCUT2D eigenvalue weighted by molar-refractivity contribution is -0.116. The Bertz CT molecular complexity index is 781. The molecule has 0 saturated heterocycles. The van der Waals surface area contributed by atoms with Crippen LogP contribution in [0.2, 0.25) is 0 Å². The van der Waals surface area contributed by atoms with Crippen LogP contribution in [0.25, 0.3) is 0 Å². The maximum absolute atomic E-state index is 13.0. The minimum atomic E-state index is -0.582. The Morgan fingerprint density at radius 1 is 1.33 bits per heavy atom. The fraction of sp³-hybridized carbons (Fsp3) is 0.154. The third kappa shape index (κ3) is 3.78. The molecular formula is C13H13FN4O3. The third-order valence-electron chi connectivity index (χ3n) is 2.76. The van der Waals surface area contributed by atoms with E-state index in [2.05, 4.69) is 10.3 Å². The lowest BCUT2D eigenvalue weighted by Gasteiger charge is -2.07. The van der Waals surface area contributed by atoms with Crippen molar-refractivity contribution in [2.45, 2.75) is 13.0 Å². The molecule has 0 aliphatic rings. The monoisotopic (exact) mass is 292 g/mol. The highest BCUT2D eigenvalue weighted by atomic mass is 19.1. The lowest BCUT2D eigenvalue weighted by atomic mass is 10.2. The molecule has 0 spiro atoms. The molecule has 1 amide bonds. The standard InChI is InChI=1S/C13H13FN4O3/c14-9-2-1-8(7-10(9)15)16-11(19)3-5-18-6-4-12(20)17-13(18)21/h1-2,4,6-7H,3,5,15H2,(H,16,19)(H,17,20,21). The summed E-state index contributed by atoms with van der Waals surface area (Å²) in [5.41, 5.74) is 4.61. The van der Waals surface area contributed by atoms with Gasteiger partial charge in [-0.15, -0.1) is 0 Å². The van der Waals surface area contributed by atoms with Gasteiger partial charge in [0.15, 0.2) is 0 Å². The summed E-state index contributed by atoms with van der Waals surface area (Å²) in [6.07, 6.45) is 1.33. The molecule has 1 aromatic carbocycles. The number of nitrogens with two attached hydrogens (primary N) is 1. The van der Waals surface area contributed by atoms with Crippen molar-refractivity contribution in [1.29, 1.82) is 0 Å². The topological polar surface area (TPSA) is 110 Å². The molecule has 0 radical (unpaired) electrons. The van der Waals surface area contributed by atoms with Gasteiger partial charge in [-0.1, -0.05) is 0 Å². The first-order chi connectivity index (χ1) is 9.95. The number of carbonyl (C=O) groups excluding carboxylic acids is 1. The van der Waals surface area contributed by atoms with Crippen molar-refractivity contribution >= 4 is 17.3 Å². The molecule has 0 bridgehead atoms. The summed E-state index contributed by atoms with van der Waals surface area (Å²) in [4.78, 5) is 36.1. The number of hydrogen-bond acceptors (Lipinski definition) is 4. The van der Waals surface area contributed by atoms with E-state index in [1.807, 2.05) is 0 Å². The summed E-state index contributed by atoms with van der Waals surface area (Å²) < 4.78 is 14.2. The zero-order valence-electron chi connectivity index (χ0n) is 10.9. The highest BCUT2D eigenvalue weighted by Crippen LogP contribution is 2.16. The molecule has 8 heteroatoms. The van der Waals surface area contributed by atoms with E-state index >= 15 is 0 Å². The number of nitrogen functional groups attached to an aromatic ring is 1. The van der Waals surface area contributed by atoms with Gasteiger partial charge in [-0.05, 0) is 18.2 Å². The summed E-state index contributed by atoms with van der Waals surface area (Å²) >= 11 is 0. The van der Waals surface area contributed by atoms with Crippen LogP contribution in [0.1, 0.15) is 6.42 Å². The van der Waals surface area contributed by atoms with Gasteiger partial charge in [-0.3, -0.25) is 14.6 Å².